The summed E-state index contributed by atoms with van der Waals surface area (Å²) in [4.78, 5) is 15.0. The molecule has 1 unspecified atom stereocenters. The van der Waals surface area contributed by atoms with E-state index in [-0.39, 0.29) is 5.91 Å². The van der Waals surface area contributed by atoms with Crippen molar-refractivity contribution in [2.45, 2.75) is 67.0 Å². The van der Waals surface area contributed by atoms with E-state index in [1.54, 1.807) is 13.0 Å². The number of carbonyl (C=O) groups is 1. The second-order valence-electron chi connectivity index (χ2n) is 8.71. The van der Waals surface area contributed by atoms with E-state index in [1.807, 2.05) is 6.92 Å². The minimum atomic E-state index is -0.137. The summed E-state index contributed by atoms with van der Waals surface area (Å²) in [7, 11) is 0. The second kappa shape index (κ2) is 10.1. The first-order valence-electron chi connectivity index (χ1n) is 11.0. The highest BCUT2D eigenvalue weighted by molar-refractivity contribution is 5.95. The average Bonchev–Trinajstić information content (AvgIpc) is 3.16. The van der Waals surface area contributed by atoms with Crippen LogP contribution in [0.15, 0.2) is 22.1 Å². The van der Waals surface area contributed by atoms with Gasteiger partial charge in [0, 0.05) is 32.6 Å². The molecule has 0 spiro atoms. The molecule has 0 saturated heterocycles. The molecule has 3 rings (SSSR count). The van der Waals surface area contributed by atoms with E-state index in [0.717, 1.165) is 56.4 Å². The molecule has 2 aromatic heterocycles. The molecular weight excluding hydrogens is 378 g/mol. The monoisotopic (exact) mass is 413 g/mol. The molecule has 7 heteroatoms. The van der Waals surface area contributed by atoms with Gasteiger partial charge >= 0.3 is 0 Å². The third kappa shape index (κ3) is 5.81. The first-order chi connectivity index (χ1) is 14.3. The molecule has 0 aliphatic carbocycles. The van der Waals surface area contributed by atoms with E-state index in [1.165, 1.54) is 12.0 Å². The number of hydrogen-bond acceptors (Lipinski definition) is 5. The molecule has 164 valence electrons. The summed E-state index contributed by atoms with van der Waals surface area (Å²) in [5.41, 5.74) is 1.98. The zero-order valence-electron chi connectivity index (χ0n) is 19.0. The average molecular weight is 414 g/mol. The second-order valence-corrected chi connectivity index (χ2v) is 8.71. The summed E-state index contributed by atoms with van der Waals surface area (Å²) in [6.45, 7) is 14.6. The van der Waals surface area contributed by atoms with Crippen LogP contribution in [0.4, 0.5) is 0 Å². The van der Waals surface area contributed by atoms with Crippen LogP contribution in [0.5, 0.6) is 0 Å². The van der Waals surface area contributed by atoms with Gasteiger partial charge in [0.1, 0.15) is 17.3 Å². The number of amides is 1. The number of furan rings is 1. The topological polar surface area (TPSA) is 76.2 Å². The summed E-state index contributed by atoms with van der Waals surface area (Å²) >= 11 is 0. The molecule has 30 heavy (non-hydrogen) atoms. The van der Waals surface area contributed by atoms with Crippen LogP contribution in [0.2, 0.25) is 0 Å². The Morgan fingerprint density at radius 2 is 2.07 bits per heavy atom. The number of allylic oxidation sites excluding steroid dienone is 2. The molecule has 2 aromatic rings. The van der Waals surface area contributed by atoms with Crippen molar-refractivity contribution in [2.24, 2.45) is 5.92 Å². The van der Waals surface area contributed by atoms with Gasteiger partial charge in [-0.05, 0) is 52.5 Å². The van der Waals surface area contributed by atoms with Gasteiger partial charge in [-0.15, -0.1) is 10.2 Å². The van der Waals surface area contributed by atoms with Crippen LogP contribution in [0.1, 0.15) is 67.1 Å². The van der Waals surface area contributed by atoms with Gasteiger partial charge in [0.25, 0.3) is 5.91 Å². The predicted octanol–water partition coefficient (Wildman–Crippen LogP) is 3.66. The first kappa shape index (κ1) is 22.3. The lowest BCUT2D eigenvalue weighted by Gasteiger charge is -2.23. The van der Waals surface area contributed by atoms with Crippen LogP contribution in [0.3, 0.4) is 0 Å². The van der Waals surface area contributed by atoms with Crippen LogP contribution < -0.4 is 5.32 Å². The van der Waals surface area contributed by atoms with Gasteiger partial charge in [0.2, 0.25) is 0 Å². The molecule has 1 N–H and O–H groups in total. The Hall–Kier alpha value is -2.41. The Kier molecular flexibility index (Phi) is 7.48. The fraction of sp³-hybridized carbons (Fsp3) is 0.609. The van der Waals surface area contributed by atoms with Crippen LogP contribution in [0.25, 0.3) is 0 Å². The van der Waals surface area contributed by atoms with Crippen molar-refractivity contribution in [1.82, 2.24) is 25.0 Å². The van der Waals surface area contributed by atoms with E-state index in [9.17, 15) is 4.79 Å². The molecule has 1 aliphatic rings. The van der Waals surface area contributed by atoms with E-state index >= 15 is 0 Å². The Morgan fingerprint density at radius 3 is 2.77 bits per heavy atom. The zero-order valence-corrected chi connectivity index (χ0v) is 19.0. The third-order valence-electron chi connectivity index (χ3n) is 5.67. The van der Waals surface area contributed by atoms with Crippen molar-refractivity contribution < 1.29 is 9.21 Å². The summed E-state index contributed by atoms with van der Waals surface area (Å²) < 4.78 is 7.62. The van der Waals surface area contributed by atoms with E-state index < -0.39 is 0 Å². The lowest BCUT2D eigenvalue weighted by molar-refractivity contribution is 0.0948. The van der Waals surface area contributed by atoms with Gasteiger partial charge in [-0.2, -0.15) is 0 Å². The molecule has 1 amide bonds. The summed E-state index contributed by atoms with van der Waals surface area (Å²) in [6, 6.07) is 1.77. The van der Waals surface area contributed by atoms with Crippen molar-refractivity contribution in [3.05, 3.63) is 46.4 Å². The number of carbonyl (C=O) groups excluding carboxylic acids is 1. The molecule has 0 bridgehead atoms. The maximum atomic E-state index is 12.5. The highest BCUT2D eigenvalue weighted by Gasteiger charge is 2.21. The van der Waals surface area contributed by atoms with Crippen LogP contribution >= 0.6 is 0 Å². The minimum absolute atomic E-state index is 0.137. The fourth-order valence-corrected chi connectivity index (χ4v) is 4.04. The Labute approximate surface area is 179 Å². The van der Waals surface area contributed by atoms with Gasteiger partial charge in [-0.25, -0.2) is 0 Å². The van der Waals surface area contributed by atoms with Crippen molar-refractivity contribution in [2.75, 3.05) is 19.6 Å². The van der Waals surface area contributed by atoms with Gasteiger partial charge in [0.15, 0.2) is 5.82 Å². The van der Waals surface area contributed by atoms with Crippen molar-refractivity contribution >= 4 is 5.91 Å². The molecule has 0 aromatic carbocycles. The van der Waals surface area contributed by atoms with E-state index in [0.29, 0.717) is 23.8 Å². The number of aryl methyl sites for hydroxylation is 2. The molecule has 7 nitrogen and oxygen atoms in total. The Morgan fingerprint density at radius 1 is 1.27 bits per heavy atom. The summed E-state index contributed by atoms with van der Waals surface area (Å²) in [5, 5.41) is 11.7. The number of nitrogens with zero attached hydrogens (tertiary/aromatic N) is 4. The highest BCUT2D eigenvalue weighted by atomic mass is 16.3. The van der Waals surface area contributed by atoms with Crippen LogP contribution in [0, 0.1) is 19.8 Å². The van der Waals surface area contributed by atoms with Crippen LogP contribution in [-0.2, 0) is 19.5 Å². The van der Waals surface area contributed by atoms with E-state index in [2.05, 4.69) is 51.8 Å². The smallest absolute Gasteiger partial charge is 0.255 e. The summed E-state index contributed by atoms with van der Waals surface area (Å²) in [5.74, 6) is 3.74. The number of nitrogens with one attached hydrogen (secondary N) is 1. The molecule has 1 aliphatic heterocycles. The van der Waals surface area contributed by atoms with Crippen LogP contribution in [-0.4, -0.2) is 45.2 Å². The van der Waals surface area contributed by atoms with Gasteiger partial charge in [0.05, 0.1) is 12.1 Å². The van der Waals surface area contributed by atoms with E-state index in [4.69, 9.17) is 4.42 Å². The standard InChI is InChI=1S/C23H35N5O2/c1-16(2)7-6-8-17(3)15-27-10-9-21-25-26-22(28(21)12-11-27)14-24-23(29)20-13-18(4)30-19(20)5/h7,13,17H,6,8-12,14-15H2,1-5H3,(H,24,29). The normalized spacial score (nSPS) is 15.4. The molecule has 0 fully saturated rings. The predicted molar refractivity (Wildman–Crippen MR) is 117 cm³/mol. The lowest BCUT2D eigenvalue weighted by atomic mass is 10.0. The SMILES string of the molecule is CC(C)=CCCC(C)CN1CCc2nnc(CNC(=O)c3cc(C)oc3C)n2CC1. The molecular formula is C23H35N5O2. The Bertz CT molecular complexity index is 892. The zero-order chi connectivity index (χ0) is 21.7. The van der Waals surface area contributed by atoms with Crippen molar-refractivity contribution in [1.29, 1.82) is 0 Å². The number of rotatable bonds is 8. The number of hydrogen-bond donors (Lipinski definition) is 1. The Balaban J connectivity index is 1.53. The maximum absolute atomic E-state index is 12.5. The van der Waals surface area contributed by atoms with Crippen molar-refractivity contribution in [3.8, 4) is 0 Å². The molecule has 0 saturated carbocycles. The minimum Gasteiger partial charge on any atom is -0.466 e. The quantitative estimate of drug-likeness (QED) is 0.669. The van der Waals surface area contributed by atoms with Gasteiger partial charge < -0.3 is 19.2 Å². The largest absolute Gasteiger partial charge is 0.466 e. The molecule has 1 atom stereocenters. The van der Waals surface area contributed by atoms with Crippen molar-refractivity contribution in [3.63, 3.8) is 0 Å². The maximum Gasteiger partial charge on any atom is 0.255 e. The highest BCUT2D eigenvalue weighted by Crippen LogP contribution is 2.16. The lowest BCUT2D eigenvalue weighted by Crippen LogP contribution is -2.32. The molecule has 3 heterocycles. The first-order valence-corrected chi connectivity index (χ1v) is 11.0. The third-order valence-corrected chi connectivity index (χ3v) is 5.67. The fourth-order valence-electron chi connectivity index (χ4n) is 4.04. The summed E-state index contributed by atoms with van der Waals surface area (Å²) in [6.07, 6.45) is 5.59. The molecule has 0 radical (unpaired) electrons. The number of aromatic nitrogens is 3. The number of fused-ring (bicyclic) bond motifs is 1. The van der Waals surface area contributed by atoms with Gasteiger partial charge in [-0.3, -0.25) is 4.79 Å². The van der Waals surface area contributed by atoms with Gasteiger partial charge in [-0.1, -0.05) is 18.6 Å².